The van der Waals surface area contributed by atoms with Crippen molar-refractivity contribution in [2.24, 2.45) is 5.11 Å². The molecule has 1 aromatic rings. The summed E-state index contributed by atoms with van der Waals surface area (Å²) in [6.45, 7) is 0. The molecule has 0 saturated carbocycles. The summed E-state index contributed by atoms with van der Waals surface area (Å²) in [4.78, 5) is 2.82. The van der Waals surface area contributed by atoms with Crippen molar-refractivity contribution < 1.29 is 0 Å². The molecule has 0 saturated heterocycles. The first-order valence-corrected chi connectivity index (χ1v) is 5.02. The van der Waals surface area contributed by atoms with Crippen LogP contribution in [0.5, 0.6) is 0 Å². The predicted molar refractivity (Wildman–Crippen MR) is 56.3 cm³/mol. The van der Waals surface area contributed by atoms with Crippen molar-refractivity contribution in [2.45, 2.75) is 24.3 Å². The van der Waals surface area contributed by atoms with Crippen LogP contribution in [0.4, 0.5) is 0 Å². The maximum atomic E-state index is 8.38. The van der Waals surface area contributed by atoms with Crippen LogP contribution in [0.15, 0.2) is 29.4 Å². The topological polar surface area (TPSA) is 48.8 Å². The molecule has 1 aliphatic rings. The van der Waals surface area contributed by atoms with Crippen molar-refractivity contribution in [3.05, 3.63) is 45.8 Å². The largest absolute Gasteiger partial charge is 0.117 e. The van der Waals surface area contributed by atoms with Gasteiger partial charge in [0.15, 0.2) is 0 Å². The van der Waals surface area contributed by atoms with Crippen LogP contribution in [0.25, 0.3) is 10.4 Å². The lowest BCUT2D eigenvalue weighted by molar-refractivity contribution is 0.558. The number of hydrogen-bond acceptors (Lipinski definition) is 1. The zero-order chi connectivity index (χ0) is 9.97. The van der Waals surface area contributed by atoms with E-state index in [4.69, 9.17) is 17.1 Å². The van der Waals surface area contributed by atoms with E-state index in [1.807, 2.05) is 18.2 Å². The summed E-state index contributed by atoms with van der Waals surface area (Å²) in [5.74, 6) is 0. The second-order valence-corrected chi connectivity index (χ2v) is 3.88. The molecule has 1 aliphatic carbocycles. The summed E-state index contributed by atoms with van der Waals surface area (Å²) >= 11 is 6.23. The molecule has 4 heteroatoms. The van der Waals surface area contributed by atoms with E-state index in [0.29, 0.717) is 0 Å². The molecule has 2 atom stereocenters. The van der Waals surface area contributed by atoms with Crippen LogP contribution < -0.4 is 0 Å². The molecule has 0 N–H and O–H groups in total. The molecule has 0 aromatic heterocycles. The highest BCUT2D eigenvalue weighted by atomic mass is 35.5. The summed E-state index contributed by atoms with van der Waals surface area (Å²) in [6.07, 6.45) is 1.79. The van der Waals surface area contributed by atoms with Crippen LogP contribution >= 0.6 is 11.6 Å². The average Bonchev–Trinajstić information content (AvgIpc) is 2.23. The first-order chi connectivity index (χ1) is 6.83. The number of rotatable bonds is 1. The smallest absolute Gasteiger partial charge is 0.0672 e. The number of halogens is 1. The van der Waals surface area contributed by atoms with Crippen LogP contribution in [-0.2, 0) is 6.42 Å². The van der Waals surface area contributed by atoms with E-state index >= 15 is 0 Å². The van der Waals surface area contributed by atoms with Crippen molar-refractivity contribution in [1.29, 1.82) is 0 Å². The molecule has 3 nitrogen and oxygen atoms in total. The van der Waals surface area contributed by atoms with Gasteiger partial charge in [0.25, 0.3) is 0 Å². The van der Waals surface area contributed by atoms with E-state index in [0.717, 1.165) is 18.4 Å². The molecule has 1 aromatic carbocycles. The standard InChI is InChI=1S/C10H10ClN3/c11-10-8-4-2-1-3-7(8)5-6-9(10)13-14-12/h1-4,9-10H,5-6H2/t9-,10-/m1/s1. The summed E-state index contributed by atoms with van der Waals surface area (Å²) < 4.78 is 0. The predicted octanol–water partition coefficient (Wildman–Crippen LogP) is 3.59. The van der Waals surface area contributed by atoms with Gasteiger partial charge in [0.2, 0.25) is 0 Å². The second-order valence-electron chi connectivity index (χ2n) is 3.41. The van der Waals surface area contributed by atoms with Gasteiger partial charge in [-0.05, 0) is 29.5 Å². The lowest BCUT2D eigenvalue weighted by Gasteiger charge is -2.25. The normalized spacial score (nSPS) is 24.9. The minimum Gasteiger partial charge on any atom is -0.117 e. The van der Waals surface area contributed by atoms with Crippen molar-refractivity contribution in [3.63, 3.8) is 0 Å². The third-order valence-corrected chi connectivity index (χ3v) is 3.13. The number of hydrogen-bond donors (Lipinski definition) is 0. The minimum atomic E-state index is -0.171. The van der Waals surface area contributed by atoms with Gasteiger partial charge in [0.1, 0.15) is 0 Å². The number of azide groups is 1. The number of alkyl halides is 1. The Labute approximate surface area is 87.3 Å². The molecule has 14 heavy (non-hydrogen) atoms. The molecular formula is C10H10ClN3. The molecule has 0 spiro atoms. The molecule has 0 aliphatic heterocycles. The van der Waals surface area contributed by atoms with Crippen LogP contribution in [0.3, 0.4) is 0 Å². The number of fused-ring (bicyclic) bond motifs is 1. The minimum absolute atomic E-state index is 0.100. The van der Waals surface area contributed by atoms with Gasteiger partial charge < -0.3 is 0 Å². The van der Waals surface area contributed by atoms with E-state index in [2.05, 4.69) is 16.1 Å². The van der Waals surface area contributed by atoms with Crippen LogP contribution in [0.1, 0.15) is 22.9 Å². The first-order valence-electron chi connectivity index (χ1n) is 4.59. The van der Waals surface area contributed by atoms with Crippen molar-refractivity contribution in [2.75, 3.05) is 0 Å². The molecular weight excluding hydrogens is 198 g/mol. The van der Waals surface area contributed by atoms with E-state index < -0.39 is 0 Å². The molecule has 0 bridgehead atoms. The van der Waals surface area contributed by atoms with Gasteiger partial charge in [-0.15, -0.1) is 11.6 Å². The average molecular weight is 208 g/mol. The fraction of sp³-hybridized carbons (Fsp3) is 0.400. The molecule has 0 fully saturated rings. The highest BCUT2D eigenvalue weighted by molar-refractivity contribution is 6.21. The van der Waals surface area contributed by atoms with E-state index in [1.54, 1.807) is 0 Å². The summed E-state index contributed by atoms with van der Waals surface area (Å²) in [7, 11) is 0. The summed E-state index contributed by atoms with van der Waals surface area (Å²) in [6, 6.07) is 7.96. The number of aryl methyl sites for hydroxylation is 1. The van der Waals surface area contributed by atoms with Crippen LogP contribution in [0, 0.1) is 0 Å². The van der Waals surface area contributed by atoms with Gasteiger partial charge in [-0.25, -0.2) is 0 Å². The third kappa shape index (κ3) is 1.57. The van der Waals surface area contributed by atoms with E-state index in [1.165, 1.54) is 5.56 Å². The third-order valence-electron chi connectivity index (χ3n) is 2.60. The Hall–Kier alpha value is -1.18. The van der Waals surface area contributed by atoms with Crippen LogP contribution in [0.2, 0.25) is 0 Å². The van der Waals surface area contributed by atoms with Gasteiger partial charge >= 0.3 is 0 Å². The van der Waals surface area contributed by atoms with E-state index in [9.17, 15) is 0 Å². The quantitative estimate of drug-likeness (QED) is 0.293. The Bertz CT molecular complexity index is 385. The maximum absolute atomic E-state index is 8.38. The molecule has 0 unspecified atom stereocenters. The maximum Gasteiger partial charge on any atom is 0.0672 e. The lowest BCUT2D eigenvalue weighted by atomic mass is 9.88. The Morgan fingerprint density at radius 2 is 2.21 bits per heavy atom. The van der Waals surface area contributed by atoms with Gasteiger partial charge in [-0.2, -0.15) is 0 Å². The van der Waals surface area contributed by atoms with Crippen molar-refractivity contribution in [1.82, 2.24) is 0 Å². The number of benzene rings is 1. The highest BCUT2D eigenvalue weighted by Crippen LogP contribution is 2.36. The summed E-state index contributed by atoms with van der Waals surface area (Å²) in [5, 5.41) is 3.54. The Morgan fingerprint density at radius 3 is 3.00 bits per heavy atom. The fourth-order valence-corrected chi connectivity index (χ4v) is 2.26. The fourth-order valence-electron chi connectivity index (χ4n) is 1.87. The Morgan fingerprint density at radius 1 is 1.43 bits per heavy atom. The van der Waals surface area contributed by atoms with Gasteiger partial charge in [-0.1, -0.05) is 29.4 Å². The molecule has 0 heterocycles. The molecule has 0 radical (unpaired) electrons. The Balaban J connectivity index is 2.35. The monoisotopic (exact) mass is 207 g/mol. The van der Waals surface area contributed by atoms with Gasteiger partial charge in [0, 0.05) is 4.91 Å². The molecule has 2 rings (SSSR count). The zero-order valence-electron chi connectivity index (χ0n) is 7.60. The van der Waals surface area contributed by atoms with Crippen molar-refractivity contribution in [3.8, 4) is 0 Å². The van der Waals surface area contributed by atoms with Gasteiger partial charge in [0.05, 0.1) is 11.4 Å². The van der Waals surface area contributed by atoms with Gasteiger partial charge in [-0.3, -0.25) is 0 Å². The molecule has 72 valence electrons. The number of nitrogens with zero attached hydrogens (tertiary/aromatic N) is 3. The Kier molecular flexibility index (Phi) is 2.62. The first kappa shape index (κ1) is 9.38. The van der Waals surface area contributed by atoms with Crippen LogP contribution in [-0.4, -0.2) is 6.04 Å². The summed E-state index contributed by atoms with van der Waals surface area (Å²) in [5.41, 5.74) is 10.8. The zero-order valence-corrected chi connectivity index (χ0v) is 8.35. The van der Waals surface area contributed by atoms with E-state index in [-0.39, 0.29) is 11.4 Å². The lowest BCUT2D eigenvalue weighted by Crippen LogP contribution is -2.19. The highest BCUT2D eigenvalue weighted by Gasteiger charge is 2.26. The second kappa shape index (κ2) is 3.91. The van der Waals surface area contributed by atoms with Crippen molar-refractivity contribution >= 4 is 11.6 Å². The SMILES string of the molecule is [N-]=[N+]=N[C@@H]1CCc2ccccc2[C@H]1Cl. The molecule has 0 amide bonds.